The second-order valence-electron chi connectivity index (χ2n) is 5.81. The summed E-state index contributed by atoms with van der Waals surface area (Å²) >= 11 is 0. The first-order valence-electron chi connectivity index (χ1n) is 7.99. The largest absolute Gasteiger partial charge is 0.361 e. The Labute approximate surface area is 147 Å². The van der Waals surface area contributed by atoms with E-state index in [4.69, 9.17) is 4.52 Å². The van der Waals surface area contributed by atoms with E-state index in [-0.39, 0.29) is 18.2 Å². The Morgan fingerprint density at radius 2 is 1.88 bits per heavy atom. The summed E-state index contributed by atoms with van der Waals surface area (Å²) in [5, 5.41) is 6.71. The van der Waals surface area contributed by atoms with E-state index in [9.17, 15) is 13.2 Å². The van der Waals surface area contributed by atoms with E-state index in [1.807, 2.05) is 26.0 Å². The third-order valence-corrected chi connectivity index (χ3v) is 5.35. The van der Waals surface area contributed by atoms with Crippen LogP contribution >= 0.6 is 0 Å². The molecular weight excluding hydrogens is 342 g/mol. The number of amides is 1. The van der Waals surface area contributed by atoms with Gasteiger partial charge in [-0.25, -0.2) is 13.1 Å². The van der Waals surface area contributed by atoms with Crippen LogP contribution in [0.1, 0.15) is 34.6 Å². The molecule has 2 rings (SSSR count). The molecule has 0 atom stereocenters. The Morgan fingerprint density at radius 3 is 2.48 bits per heavy atom. The maximum Gasteiger partial charge on any atom is 0.220 e. The van der Waals surface area contributed by atoms with Crippen LogP contribution in [0.5, 0.6) is 0 Å². The van der Waals surface area contributed by atoms with E-state index >= 15 is 0 Å². The van der Waals surface area contributed by atoms with Crippen LogP contribution in [0.15, 0.2) is 28.8 Å². The second kappa shape index (κ2) is 8.26. The van der Waals surface area contributed by atoms with Gasteiger partial charge in [0.25, 0.3) is 0 Å². The van der Waals surface area contributed by atoms with Crippen LogP contribution in [-0.2, 0) is 33.5 Å². The molecule has 2 aromatic rings. The molecule has 0 aliphatic carbocycles. The second-order valence-corrected chi connectivity index (χ2v) is 7.74. The third-order valence-electron chi connectivity index (χ3n) is 4.03. The van der Waals surface area contributed by atoms with Crippen LogP contribution < -0.4 is 10.0 Å². The Bertz CT molecular complexity index is 824. The van der Waals surface area contributed by atoms with Crippen LogP contribution in [-0.4, -0.2) is 26.5 Å². The lowest BCUT2D eigenvalue weighted by Crippen LogP contribution is -2.25. The fourth-order valence-electron chi connectivity index (χ4n) is 2.53. The molecule has 136 valence electrons. The molecule has 0 radical (unpaired) electrons. The summed E-state index contributed by atoms with van der Waals surface area (Å²) in [6.45, 7) is 3.96. The highest BCUT2D eigenvalue weighted by Gasteiger charge is 2.14. The number of carbonyl (C=O) groups is 1. The number of rotatable bonds is 8. The number of aryl methyl sites for hydroxylation is 2. The lowest BCUT2D eigenvalue weighted by molar-refractivity contribution is -0.121. The summed E-state index contributed by atoms with van der Waals surface area (Å²) in [4.78, 5) is 12.1. The van der Waals surface area contributed by atoms with E-state index in [2.05, 4.69) is 15.2 Å². The molecular formula is C17H23N3O4S. The van der Waals surface area contributed by atoms with Gasteiger partial charge in [-0.2, -0.15) is 0 Å². The van der Waals surface area contributed by atoms with Crippen molar-refractivity contribution in [1.29, 1.82) is 0 Å². The lowest BCUT2D eigenvalue weighted by Gasteiger charge is -2.11. The van der Waals surface area contributed by atoms with Crippen molar-refractivity contribution in [2.75, 3.05) is 7.05 Å². The third kappa shape index (κ3) is 5.40. The Hall–Kier alpha value is -2.19. The molecule has 0 bridgehead atoms. The molecule has 0 fully saturated rings. The molecule has 7 nitrogen and oxygen atoms in total. The number of benzene rings is 1. The molecule has 0 saturated carbocycles. The molecule has 1 heterocycles. The van der Waals surface area contributed by atoms with E-state index < -0.39 is 10.0 Å². The molecule has 1 aromatic heterocycles. The number of sulfonamides is 1. The van der Waals surface area contributed by atoms with Crippen molar-refractivity contribution in [3.63, 3.8) is 0 Å². The van der Waals surface area contributed by atoms with Crippen molar-refractivity contribution < 1.29 is 17.7 Å². The summed E-state index contributed by atoms with van der Waals surface area (Å²) in [6, 6.07) is 7.17. The molecule has 0 aliphatic heterocycles. The van der Waals surface area contributed by atoms with Crippen molar-refractivity contribution >= 4 is 15.9 Å². The predicted molar refractivity (Wildman–Crippen MR) is 94.3 cm³/mol. The van der Waals surface area contributed by atoms with Gasteiger partial charge < -0.3 is 9.84 Å². The molecule has 1 aromatic carbocycles. The fraction of sp³-hybridized carbons (Fsp3) is 0.412. The number of hydrogen-bond donors (Lipinski definition) is 2. The van der Waals surface area contributed by atoms with E-state index in [0.717, 1.165) is 22.6 Å². The minimum atomic E-state index is -3.36. The van der Waals surface area contributed by atoms with Crippen LogP contribution in [0.2, 0.25) is 0 Å². The summed E-state index contributed by atoms with van der Waals surface area (Å²) in [5.41, 5.74) is 3.21. The highest BCUT2D eigenvalue weighted by Crippen LogP contribution is 2.15. The SMILES string of the molecule is CNS(=O)(=O)Cc1ccccc1CNC(=O)CCc1c(C)noc1C. The van der Waals surface area contributed by atoms with Gasteiger partial charge in [-0.1, -0.05) is 29.4 Å². The normalized spacial score (nSPS) is 11.5. The maximum atomic E-state index is 12.1. The fourth-order valence-corrected chi connectivity index (χ4v) is 3.36. The number of carbonyl (C=O) groups excluding carboxylic acids is 1. The van der Waals surface area contributed by atoms with Crippen LogP contribution in [0.3, 0.4) is 0 Å². The van der Waals surface area contributed by atoms with Gasteiger partial charge in [0.2, 0.25) is 15.9 Å². The van der Waals surface area contributed by atoms with Gasteiger partial charge in [0.05, 0.1) is 11.4 Å². The summed E-state index contributed by atoms with van der Waals surface area (Å²) < 4.78 is 30.9. The van der Waals surface area contributed by atoms with Crippen molar-refractivity contribution in [3.8, 4) is 0 Å². The first-order chi connectivity index (χ1) is 11.8. The summed E-state index contributed by atoms with van der Waals surface area (Å²) in [6.07, 6.45) is 0.878. The molecule has 1 amide bonds. The number of nitrogens with zero attached hydrogens (tertiary/aromatic N) is 1. The predicted octanol–water partition coefficient (Wildman–Crippen LogP) is 1.59. The molecule has 25 heavy (non-hydrogen) atoms. The minimum Gasteiger partial charge on any atom is -0.361 e. The van der Waals surface area contributed by atoms with E-state index in [0.29, 0.717) is 18.4 Å². The highest BCUT2D eigenvalue weighted by atomic mass is 32.2. The molecule has 0 spiro atoms. The van der Waals surface area contributed by atoms with Gasteiger partial charge >= 0.3 is 0 Å². The zero-order valence-corrected chi connectivity index (χ0v) is 15.4. The molecule has 0 unspecified atom stereocenters. The zero-order chi connectivity index (χ0) is 18.4. The van der Waals surface area contributed by atoms with Gasteiger partial charge in [-0.05, 0) is 38.4 Å². The summed E-state index contributed by atoms with van der Waals surface area (Å²) in [5.74, 6) is 0.508. The van der Waals surface area contributed by atoms with Crippen molar-refractivity contribution in [1.82, 2.24) is 15.2 Å². The molecule has 0 saturated heterocycles. The first-order valence-corrected chi connectivity index (χ1v) is 9.64. The Morgan fingerprint density at radius 1 is 1.20 bits per heavy atom. The Kier molecular flexibility index (Phi) is 6.33. The average molecular weight is 365 g/mol. The number of aromatic nitrogens is 1. The van der Waals surface area contributed by atoms with E-state index in [1.54, 1.807) is 12.1 Å². The quantitative estimate of drug-likeness (QED) is 0.740. The maximum absolute atomic E-state index is 12.1. The number of nitrogens with one attached hydrogen (secondary N) is 2. The molecule has 0 aliphatic rings. The van der Waals surface area contributed by atoms with Gasteiger partial charge in [-0.3, -0.25) is 4.79 Å². The topological polar surface area (TPSA) is 101 Å². The highest BCUT2D eigenvalue weighted by molar-refractivity contribution is 7.88. The minimum absolute atomic E-state index is 0.105. The lowest BCUT2D eigenvalue weighted by atomic mass is 10.1. The van der Waals surface area contributed by atoms with Gasteiger partial charge in [-0.15, -0.1) is 0 Å². The molecule has 8 heteroatoms. The molecule has 2 N–H and O–H groups in total. The van der Waals surface area contributed by atoms with Crippen molar-refractivity contribution in [2.24, 2.45) is 0 Å². The number of hydrogen-bond acceptors (Lipinski definition) is 5. The monoisotopic (exact) mass is 365 g/mol. The van der Waals surface area contributed by atoms with Gasteiger partial charge in [0, 0.05) is 18.5 Å². The zero-order valence-electron chi connectivity index (χ0n) is 14.6. The standard InChI is InChI=1S/C17H23N3O4S/c1-12-16(13(2)24-20-12)8-9-17(21)19-10-14-6-4-5-7-15(14)11-25(22,23)18-3/h4-7,18H,8-11H2,1-3H3,(H,19,21). The van der Waals surface area contributed by atoms with E-state index in [1.165, 1.54) is 7.05 Å². The van der Waals surface area contributed by atoms with Crippen molar-refractivity contribution in [3.05, 3.63) is 52.4 Å². The summed E-state index contributed by atoms with van der Waals surface area (Å²) in [7, 11) is -1.98. The smallest absolute Gasteiger partial charge is 0.220 e. The Balaban J connectivity index is 1.94. The van der Waals surface area contributed by atoms with Crippen LogP contribution in [0.25, 0.3) is 0 Å². The first kappa shape index (κ1) is 19.1. The average Bonchev–Trinajstić information content (AvgIpc) is 2.90. The van der Waals surface area contributed by atoms with Crippen molar-refractivity contribution in [2.45, 2.75) is 39.0 Å². The van der Waals surface area contributed by atoms with Gasteiger partial charge in [0.15, 0.2) is 0 Å². The van der Waals surface area contributed by atoms with Crippen LogP contribution in [0, 0.1) is 13.8 Å². The van der Waals surface area contributed by atoms with Gasteiger partial charge in [0.1, 0.15) is 5.76 Å². The van der Waals surface area contributed by atoms with Crippen LogP contribution in [0.4, 0.5) is 0 Å².